The smallest absolute Gasteiger partial charge is 0.333 e. The molecule has 5 rings (SSSR count). The fourth-order valence-electron chi connectivity index (χ4n) is 3.90. The van der Waals surface area contributed by atoms with Crippen LogP contribution in [0.5, 0.6) is 11.6 Å². The normalized spacial score (nSPS) is 11.4. The molecular formula is C22H19FN6O3. The molecule has 0 unspecified atom stereocenters. The molecule has 0 amide bonds. The van der Waals surface area contributed by atoms with Crippen molar-refractivity contribution < 1.29 is 13.9 Å². The molecule has 4 aromatic heterocycles. The molecule has 0 fully saturated rings. The molecular weight excluding hydrogens is 415 g/mol. The average molecular weight is 434 g/mol. The Balaban J connectivity index is 1.89. The maximum Gasteiger partial charge on any atom is 0.333 e. The second kappa shape index (κ2) is 7.19. The van der Waals surface area contributed by atoms with E-state index in [0.717, 1.165) is 11.1 Å². The van der Waals surface area contributed by atoms with Gasteiger partial charge < -0.3 is 9.47 Å². The number of hydrogen-bond acceptors (Lipinski definition) is 6. The van der Waals surface area contributed by atoms with Crippen LogP contribution in [0.15, 0.2) is 47.7 Å². The largest absolute Gasteiger partial charge is 0.496 e. The summed E-state index contributed by atoms with van der Waals surface area (Å²) >= 11 is 0. The predicted octanol–water partition coefficient (Wildman–Crippen LogP) is 2.83. The van der Waals surface area contributed by atoms with Gasteiger partial charge in [0.25, 0.3) is 5.95 Å². The average Bonchev–Trinajstić information content (AvgIpc) is 3.27. The van der Waals surface area contributed by atoms with Crippen molar-refractivity contribution in [3.8, 4) is 28.4 Å². The van der Waals surface area contributed by atoms with Crippen molar-refractivity contribution in [1.82, 2.24) is 28.9 Å². The lowest BCUT2D eigenvalue weighted by atomic mass is 10.0. The lowest BCUT2D eigenvalue weighted by Gasteiger charge is -2.12. The Morgan fingerprint density at radius 1 is 1.03 bits per heavy atom. The number of aromatic nitrogens is 6. The Morgan fingerprint density at radius 2 is 1.84 bits per heavy atom. The summed E-state index contributed by atoms with van der Waals surface area (Å²) < 4.78 is 29.4. The maximum atomic E-state index is 14.6. The van der Waals surface area contributed by atoms with Gasteiger partial charge in [0.05, 0.1) is 43.2 Å². The van der Waals surface area contributed by atoms with Crippen LogP contribution in [0.2, 0.25) is 0 Å². The number of halogens is 1. The van der Waals surface area contributed by atoms with E-state index in [1.165, 1.54) is 20.0 Å². The SMILES string of the molecule is COc1ccc(-c2cc3c(cc2OC)ncc2c3n(-c3cn(C)nc3F)c(=O)n2C)cn1. The highest BCUT2D eigenvalue weighted by Crippen LogP contribution is 2.36. The van der Waals surface area contributed by atoms with Crippen LogP contribution in [-0.4, -0.2) is 43.1 Å². The molecule has 0 bridgehead atoms. The van der Waals surface area contributed by atoms with Crippen LogP contribution in [0.25, 0.3) is 38.8 Å². The Bertz CT molecular complexity index is 1550. The molecule has 4 heterocycles. The van der Waals surface area contributed by atoms with Crippen molar-refractivity contribution in [1.29, 1.82) is 0 Å². The first-order valence-corrected chi connectivity index (χ1v) is 9.71. The summed E-state index contributed by atoms with van der Waals surface area (Å²) in [7, 11) is 6.35. The molecule has 0 saturated carbocycles. The summed E-state index contributed by atoms with van der Waals surface area (Å²) in [5.74, 6) is 0.343. The molecule has 0 aliphatic carbocycles. The van der Waals surface area contributed by atoms with Gasteiger partial charge in [-0.05, 0) is 12.1 Å². The van der Waals surface area contributed by atoms with E-state index in [2.05, 4.69) is 15.1 Å². The molecule has 9 nitrogen and oxygen atoms in total. The Kier molecular flexibility index (Phi) is 4.43. The fraction of sp³-hybridized carbons (Fsp3) is 0.182. The first-order valence-electron chi connectivity index (χ1n) is 9.71. The third kappa shape index (κ3) is 2.83. The van der Waals surface area contributed by atoms with Gasteiger partial charge in [0.15, 0.2) is 0 Å². The van der Waals surface area contributed by atoms with Crippen LogP contribution >= 0.6 is 0 Å². The van der Waals surface area contributed by atoms with Gasteiger partial charge in [0.1, 0.15) is 11.4 Å². The molecule has 0 radical (unpaired) electrons. The summed E-state index contributed by atoms with van der Waals surface area (Å²) in [6, 6.07) is 7.27. The number of pyridine rings is 2. The summed E-state index contributed by atoms with van der Waals surface area (Å²) in [5, 5.41) is 4.42. The molecule has 0 aliphatic heterocycles. The molecule has 1 aromatic carbocycles. The molecule has 10 heteroatoms. The van der Waals surface area contributed by atoms with Crippen LogP contribution in [0.4, 0.5) is 4.39 Å². The van der Waals surface area contributed by atoms with E-state index in [9.17, 15) is 9.18 Å². The number of ether oxygens (including phenoxy) is 2. The van der Waals surface area contributed by atoms with Gasteiger partial charge >= 0.3 is 5.69 Å². The van der Waals surface area contributed by atoms with E-state index in [1.54, 1.807) is 52.8 Å². The fourth-order valence-corrected chi connectivity index (χ4v) is 3.90. The highest BCUT2D eigenvalue weighted by molar-refractivity contribution is 6.05. The van der Waals surface area contributed by atoms with Crippen molar-refractivity contribution >= 4 is 21.9 Å². The summed E-state index contributed by atoms with van der Waals surface area (Å²) in [4.78, 5) is 21.9. The summed E-state index contributed by atoms with van der Waals surface area (Å²) in [6.07, 6.45) is 4.74. The lowest BCUT2D eigenvalue weighted by Crippen LogP contribution is -2.21. The van der Waals surface area contributed by atoms with Gasteiger partial charge in [-0.1, -0.05) is 0 Å². The van der Waals surface area contributed by atoms with E-state index in [1.807, 2.05) is 12.1 Å². The van der Waals surface area contributed by atoms with Crippen LogP contribution in [-0.2, 0) is 14.1 Å². The third-order valence-electron chi connectivity index (χ3n) is 5.47. The molecule has 162 valence electrons. The van der Waals surface area contributed by atoms with Gasteiger partial charge in [-0.15, -0.1) is 5.10 Å². The predicted molar refractivity (Wildman–Crippen MR) is 117 cm³/mol. The highest BCUT2D eigenvalue weighted by atomic mass is 19.1. The Hall–Kier alpha value is -4.21. The number of aryl methyl sites for hydroxylation is 2. The maximum absolute atomic E-state index is 14.6. The van der Waals surface area contributed by atoms with E-state index >= 15 is 0 Å². The van der Waals surface area contributed by atoms with Crippen LogP contribution < -0.4 is 15.2 Å². The van der Waals surface area contributed by atoms with Crippen molar-refractivity contribution in [2.75, 3.05) is 14.2 Å². The van der Waals surface area contributed by atoms with E-state index < -0.39 is 11.6 Å². The molecule has 0 aliphatic rings. The van der Waals surface area contributed by atoms with E-state index in [4.69, 9.17) is 9.47 Å². The van der Waals surface area contributed by atoms with Crippen molar-refractivity contribution in [2.45, 2.75) is 0 Å². The Labute approximate surface area is 181 Å². The Morgan fingerprint density at radius 3 is 2.47 bits per heavy atom. The minimum Gasteiger partial charge on any atom is -0.496 e. The van der Waals surface area contributed by atoms with Crippen LogP contribution in [0.1, 0.15) is 0 Å². The number of methoxy groups -OCH3 is 2. The number of benzene rings is 1. The van der Waals surface area contributed by atoms with Gasteiger partial charge in [-0.3, -0.25) is 18.8 Å². The minimum absolute atomic E-state index is 0.0686. The molecule has 0 atom stereocenters. The first-order chi connectivity index (χ1) is 15.4. The molecule has 5 aromatic rings. The number of rotatable bonds is 4. The van der Waals surface area contributed by atoms with Crippen molar-refractivity contribution in [3.05, 3.63) is 59.3 Å². The summed E-state index contributed by atoms with van der Waals surface area (Å²) in [6.45, 7) is 0. The number of fused-ring (bicyclic) bond motifs is 3. The highest BCUT2D eigenvalue weighted by Gasteiger charge is 2.21. The standard InChI is InChI=1S/C22H19FN6O3/c1-27-11-17(21(23)26-27)29-20-14-7-13(12-5-6-19(32-4)25-9-12)18(31-3)8-15(14)24-10-16(20)28(2)22(29)30/h5-11H,1-4H3. The number of hydrogen-bond donors (Lipinski definition) is 0. The zero-order valence-corrected chi connectivity index (χ0v) is 17.8. The zero-order valence-electron chi connectivity index (χ0n) is 17.8. The molecule has 0 saturated heterocycles. The molecule has 0 spiro atoms. The topological polar surface area (TPSA) is 89.0 Å². The minimum atomic E-state index is -0.736. The van der Waals surface area contributed by atoms with E-state index in [0.29, 0.717) is 33.6 Å². The zero-order chi connectivity index (χ0) is 22.6. The van der Waals surface area contributed by atoms with Crippen molar-refractivity contribution in [2.24, 2.45) is 14.1 Å². The third-order valence-corrected chi connectivity index (χ3v) is 5.47. The second-order valence-corrected chi connectivity index (χ2v) is 7.31. The first kappa shape index (κ1) is 19.7. The van der Waals surface area contributed by atoms with Gasteiger partial charge in [-0.2, -0.15) is 4.39 Å². The monoisotopic (exact) mass is 434 g/mol. The van der Waals surface area contributed by atoms with Gasteiger partial charge in [0, 0.05) is 48.9 Å². The molecule has 32 heavy (non-hydrogen) atoms. The lowest BCUT2D eigenvalue weighted by molar-refractivity contribution is 0.398. The second-order valence-electron chi connectivity index (χ2n) is 7.31. The van der Waals surface area contributed by atoms with Crippen LogP contribution in [0, 0.1) is 5.95 Å². The summed E-state index contributed by atoms with van der Waals surface area (Å²) in [5.41, 5.74) is 2.90. The van der Waals surface area contributed by atoms with Gasteiger partial charge in [-0.25, -0.2) is 9.78 Å². The van der Waals surface area contributed by atoms with Crippen LogP contribution in [0.3, 0.4) is 0 Å². The van der Waals surface area contributed by atoms with E-state index in [-0.39, 0.29) is 5.69 Å². The van der Waals surface area contributed by atoms with Gasteiger partial charge in [0.2, 0.25) is 5.88 Å². The quantitative estimate of drug-likeness (QED) is 0.432. The molecule has 0 N–H and O–H groups in total. The number of imidazole rings is 1. The van der Waals surface area contributed by atoms with Crippen molar-refractivity contribution in [3.63, 3.8) is 0 Å². The number of nitrogens with zero attached hydrogens (tertiary/aromatic N) is 6.